The lowest BCUT2D eigenvalue weighted by molar-refractivity contribution is 0.777. The average Bonchev–Trinajstić information content (AvgIpc) is 2.41. The molecule has 4 heteroatoms. The van der Waals surface area contributed by atoms with Crippen molar-refractivity contribution in [1.82, 2.24) is 9.97 Å². The molecule has 0 unspecified atom stereocenters. The number of anilines is 1. The van der Waals surface area contributed by atoms with Crippen molar-refractivity contribution in [3.63, 3.8) is 0 Å². The highest BCUT2D eigenvalue weighted by molar-refractivity contribution is 7.99. The second-order valence-electron chi connectivity index (χ2n) is 4.34. The van der Waals surface area contributed by atoms with Crippen LogP contribution in [0.4, 0.5) is 5.82 Å². The highest BCUT2D eigenvalue weighted by atomic mass is 32.2. The first kappa shape index (κ1) is 15.3. The van der Waals surface area contributed by atoms with E-state index in [0.29, 0.717) is 0 Å². The lowest BCUT2D eigenvalue weighted by Gasteiger charge is -2.08. The summed E-state index contributed by atoms with van der Waals surface area (Å²) in [6, 6.07) is 2.07. The molecule has 1 aromatic heterocycles. The van der Waals surface area contributed by atoms with Crippen LogP contribution in [0.5, 0.6) is 0 Å². The largest absolute Gasteiger partial charge is 0.370 e. The summed E-state index contributed by atoms with van der Waals surface area (Å²) in [6.45, 7) is 7.47. The van der Waals surface area contributed by atoms with E-state index in [9.17, 15) is 0 Å². The number of nitrogens with one attached hydrogen (secondary N) is 1. The van der Waals surface area contributed by atoms with Crippen molar-refractivity contribution in [3.05, 3.63) is 11.9 Å². The number of rotatable bonds is 9. The monoisotopic (exact) mass is 267 g/mol. The van der Waals surface area contributed by atoms with Gasteiger partial charge in [0.05, 0.1) is 0 Å². The van der Waals surface area contributed by atoms with Crippen LogP contribution >= 0.6 is 11.8 Å². The average molecular weight is 267 g/mol. The van der Waals surface area contributed by atoms with E-state index in [1.54, 1.807) is 0 Å². The van der Waals surface area contributed by atoms with E-state index in [0.717, 1.165) is 41.8 Å². The molecule has 0 amide bonds. The molecule has 0 fully saturated rings. The number of aromatic nitrogens is 2. The van der Waals surface area contributed by atoms with E-state index >= 15 is 0 Å². The van der Waals surface area contributed by atoms with E-state index < -0.39 is 0 Å². The molecule has 1 rings (SSSR count). The van der Waals surface area contributed by atoms with Crippen molar-refractivity contribution in [2.24, 2.45) is 0 Å². The molecule has 102 valence electrons. The Morgan fingerprint density at radius 1 is 1.11 bits per heavy atom. The smallest absolute Gasteiger partial charge is 0.131 e. The van der Waals surface area contributed by atoms with Crippen LogP contribution in [0.25, 0.3) is 0 Å². The second-order valence-corrected chi connectivity index (χ2v) is 5.46. The molecular formula is C14H25N3S. The zero-order valence-corrected chi connectivity index (χ0v) is 12.6. The molecule has 0 aliphatic heterocycles. The summed E-state index contributed by atoms with van der Waals surface area (Å²) in [5, 5.41) is 4.45. The molecule has 1 heterocycles. The van der Waals surface area contributed by atoms with Gasteiger partial charge in [-0.15, -0.1) is 11.8 Å². The van der Waals surface area contributed by atoms with Crippen LogP contribution in [0.2, 0.25) is 0 Å². The number of aryl methyl sites for hydroxylation is 1. The van der Waals surface area contributed by atoms with Crippen LogP contribution < -0.4 is 5.32 Å². The van der Waals surface area contributed by atoms with Crippen molar-refractivity contribution in [1.29, 1.82) is 0 Å². The van der Waals surface area contributed by atoms with Gasteiger partial charge in [0.1, 0.15) is 16.7 Å². The molecule has 0 aromatic carbocycles. The van der Waals surface area contributed by atoms with Gasteiger partial charge in [0.15, 0.2) is 0 Å². The van der Waals surface area contributed by atoms with Crippen molar-refractivity contribution in [2.75, 3.05) is 17.6 Å². The molecule has 0 saturated heterocycles. The topological polar surface area (TPSA) is 37.8 Å². The van der Waals surface area contributed by atoms with Gasteiger partial charge >= 0.3 is 0 Å². The highest BCUT2D eigenvalue weighted by Crippen LogP contribution is 2.20. The fourth-order valence-electron chi connectivity index (χ4n) is 1.58. The zero-order valence-electron chi connectivity index (χ0n) is 11.8. The first-order chi connectivity index (χ1) is 8.80. The molecule has 1 aromatic rings. The van der Waals surface area contributed by atoms with Crippen molar-refractivity contribution < 1.29 is 0 Å². The number of thioether (sulfide) groups is 1. The van der Waals surface area contributed by atoms with Crippen LogP contribution in [0.1, 0.15) is 52.3 Å². The Kier molecular flexibility index (Phi) is 7.81. The van der Waals surface area contributed by atoms with Gasteiger partial charge in [-0.25, -0.2) is 9.97 Å². The number of hydrogen-bond donors (Lipinski definition) is 1. The Morgan fingerprint density at radius 3 is 2.61 bits per heavy atom. The standard InChI is InChI=1S/C14H25N3S/c1-4-7-8-10-18-14-11-13(15-9-5-2)16-12(6-3)17-14/h11H,4-10H2,1-3H3,(H,15,16,17). The summed E-state index contributed by atoms with van der Waals surface area (Å²) in [6.07, 6.45) is 5.85. The lowest BCUT2D eigenvalue weighted by Crippen LogP contribution is -2.05. The van der Waals surface area contributed by atoms with Gasteiger partial charge in [0, 0.05) is 19.0 Å². The van der Waals surface area contributed by atoms with Crippen LogP contribution in [-0.2, 0) is 6.42 Å². The van der Waals surface area contributed by atoms with Gasteiger partial charge in [-0.3, -0.25) is 0 Å². The molecule has 0 saturated carbocycles. The molecule has 18 heavy (non-hydrogen) atoms. The molecule has 0 radical (unpaired) electrons. The number of nitrogens with zero attached hydrogens (tertiary/aromatic N) is 2. The second kappa shape index (κ2) is 9.20. The van der Waals surface area contributed by atoms with Gasteiger partial charge in [-0.05, 0) is 18.6 Å². The minimum absolute atomic E-state index is 0.893. The van der Waals surface area contributed by atoms with E-state index in [1.165, 1.54) is 19.3 Å². The third kappa shape index (κ3) is 5.71. The Balaban J connectivity index is 2.58. The van der Waals surface area contributed by atoms with Gasteiger partial charge in [0.25, 0.3) is 0 Å². The predicted molar refractivity (Wildman–Crippen MR) is 80.4 cm³/mol. The lowest BCUT2D eigenvalue weighted by atomic mass is 10.3. The minimum atomic E-state index is 0.893. The fraction of sp³-hybridized carbons (Fsp3) is 0.714. The van der Waals surface area contributed by atoms with Crippen LogP contribution in [0.3, 0.4) is 0 Å². The minimum Gasteiger partial charge on any atom is -0.370 e. The third-order valence-corrected chi connectivity index (χ3v) is 3.62. The Morgan fingerprint density at radius 2 is 1.94 bits per heavy atom. The summed E-state index contributed by atoms with van der Waals surface area (Å²) in [5.41, 5.74) is 0. The molecule has 0 atom stereocenters. The first-order valence-corrected chi connectivity index (χ1v) is 8.03. The first-order valence-electron chi connectivity index (χ1n) is 7.04. The van der Waals surface area contributed by atoms with E-state index in [4.69, 9.17) is 0 Å². The molecule has 0 aliphatic rings. The van der Waals surface area contributed by atoms with Gasteiger partial charge in [-0.1, -0.05) is 33.6 Å². The maximum atomic E-state index is 4.57. The Labute approximate surface area is 115 Å². The van der Waals surface area contributed by atoms with E-state index in [2.05, 4.69) is 42.1 Å². The number of hydrogen-bond acceptors (Lipinski definition) is 4. The number of unbranched alkanes of at least 4 members (excludes halogenated alkanes) is 2. The summed E-state index contributed by atoms with van der Waals surface area (Å²) in [7, 11) is 0. The van der Waals surface area contributed by atoms with E-state index in [-0.39, 0.29) is 0 Å². The van der Waals surface area contributed by atoms with E-state index in [1.807, 2.05) is 11.8 Å². The SMILES string of the molecule is CCCCCSc1cc(NCCC)nc(CC)n1. The van der Waals surface area contributed by atoms with Gasteiger partial charge in [0.2, 0.25) is 0 Å². The molecule has 1 N–H and O–H groups in total. The van der Waals surface area contributed by atoms with Crippen LogP contribution in [0.15, 0.2) is 11.1 Å². The summed E-state index contributed by atoms with van der Waals surface area (Å²) in [4.78, 5) is 9.07. The fourth-order valence-corrected chi connectivity index (χ4v) is 2.50. The van der Waals surface area contributed by atoms with Gasteiger partial charge in [-0.2, -0.15) is 0 Å². The van der Waals surface area contributed by atoms with Gasteiger partial charge < -0.3 is 5.32 Å². The summed E-state index contributed by atoms with van der Waals surface area (Å²) in [5.74, 6) is 3.07. The molecule has 3 nitrogen and oxygen atoms in total. The molecule has 0 aliphatic carbocycles. The zero-order chi connectivity index (χ0) is 13.2. The molecule has 0 bridgehead atoms. The molecule has 0 spiro atoms. The van der Waals surface area contributed by atoms with Crippen LogP contribution in [-0.4, -0.2) is 22.3 Å². The maximum absolute atomic E-state index is 4.57. The molecular weight excluding hydrogens is 242 g/mol. The third-order valence-electron chi connectivity index (χ3n) is 2.62. The van der Waals surface area contributed by atoms with Crippen molar-refractivity contribution >= 4 is 17.6 Å². The Hall–Kier alpha value is -0.770. The van der Waals surface area contributed by atoms with Crippen LogP contribution in [0, 0.1) is 0 Å². The van der Waals surface area contributed by atoms with Crippen molar-refractivity contribution in [2.45, 2.75) is 57.9 Å². The maximum Gasteiger partial charge on any atom is 0.131 e. The predicted octanol–water partition coefficient (Wildman–Crippen LogP) is 4.14. The van der Waals surface area contributed by atoms with Crippen molar-refractivity contribution in [3.8, 4) is 0 Å². The quantitative estimate of drug-likeness (QED) is 0.414. The summed E-state index contributed by atoms with van der Waals surface area (Å²) >= 11 is 1.85. The highest BCUT2D eigenvalue weighted by Gasteiger charge is 2.03. The normalized spacial score (nSPS) is 10.6. The summed E-state index contributed by atoms with van der Waals surface area (Å²) < 4.78 is 0. The Bertz CT molecular complexity index is 342.